The standard InChI is InChI=1S/C15H22N2O2/c1-3-19-15(8-4-6-11(2)10-15)13(18)12-7-5-9-17-14(12)16/h5,7,9,11H,3-4,6,8,10H2,1-2H3,(H2,16,17). The minimum Gasteiger partial charge on any atom is -0.383 e. The number of nitrogen functional groups attached to an aromatic ring is 1. The SMILES string of the molecule is CCOC1(C(=O)c2cccnc2N)CCCC(C)C1. The molecule has 0 bridgehead atoms. The average molecular weight is 262 g/mol. The molecular formula is C15H22N2O2. The first-order chi connectivity index (χ1) is 9.09. The van der Waals surface area contributed by atoms with Crippen LogP contribution in [0.2, 0.25) is 0 Å². The Hall–Kier alpha value is -1.42. The van der Waals surface area contributed by atoms with E-state index in [9.17, 15) is 4.79 Å². The van der Waals surface area contributed by atoms with Gasteiger partial charge in [0.05, 0.1) is 5.56 Å². The number of pyridine rings is 1. The largest absolute Gasteiger partial charge is 0.383 e. The third-order valence-electron chi connectivity index (χ3n) is 3.87. The van der Waals surface area contributed by atoms with Gasteiger partial charge in [0, 0.05) is 12.8 Å². The lowest BCUT2D eigenvalue weighted by molar-refractivity contribution is -0.0511. The monoisotopic (exact) mass is 262 g/mol. The van der Waals surface area contributed by atoms with Gasteiger partial charge in [-0.3, -0.25) is 4.79 Å². The first-order valence-electron chi connectivity index (χ1n) is 6.98. The van der Waals surface area contributed by atoms with E-state index in [2.05, 4.69) is 11.9 Å². The van der Waals surface area contributed by atoms with E-state index in [-0.39, 0.29) is 5.78 Å². The van der Waals surface area contributed by atoms with Crippen molar-refractivity contribution in [1.29, 1.82) is 0 Å². The summed E-state index contributed by atoms with van der Waals surface area (Å²) >= 11 is 0. The molecular weight excluding hydrogens is 240 g/mol. The number of rotatable bonds is 4. The molecule has 104 valence electrons. The summed E-state index contributed by atoms with van der Waals surface area (Å²) in [5.41, 5.74) is 5.62. The van der Waals surface area contributed by atoms with E-state index in [1.54, 1.807) is 18.3 Å². The number of carbonyl (C=O) groups excluding carboxylic acids is 1. The topological polar surface area (TPSA) is 65.2 Å². The van der Waals surface area contributed by atoms with E-state index in [0.29, 0.717) is 23.9 Å². The number of carbonyl (C=O) groups is 1. The number of nitrogens with zero attached hydrogens (tertiary/aromatic N) is 1. The molecule has 0 radical (unpaired) electrons. The van der Waals surface area contributed by atoms with E-state index < -0.39 is 5.60 Å². The number of anilines is 1. The van der Waals surface area contributed by atoms with Crippen LogP contribution in [0.3, 0.4) is 0 Å². The van der Waals surface area contributed by atoms with Gasteiger partial charge in [0.15, 0.2) is 5.78 Å². The molecule has 0 aliphatic heterocycles. The van der Waals surface area contributed by atoms with Crippen LogP contribution in [0, 0.1) is 5.92 Å². The van der Waals surface area contributed by atoms with Crippen LogP contribution in [-0.2, 0) is 4.74 Å². The summed E-state index contributed by atoms with van der Waals surface area (Å²) in [6.07, 6.45) is 5.33. The van der Waals surface area contributed by atoms with E-state index in [1.165, 1.54) is 0 Å². The van der Waals surface area contributed by atoms with Crippen molar-refractivity contribution in [2.45, 2.75) is 45.1 Å². The molecule has 1 fully saturated rings. The van der Waals surface area contributed by atoms with Crippen molar-refractivity contribution < 1.29 is 9.53 Å². The molecule has 2 N–H and O–H groups in total. The van der Waals surface area contributed by atoms with Gasteiger partial charge in [-0.2, -0.15) is 0 Å². The molecule has 0 spiro atoms. The lowest BCUT2D eigenvalue weighted by Crippen LogP contribution is -2.45. The smallest absolute Gasteiger partial charge is 0.198 e. The molecule has 1 aliphatic carbocycles. The van der Waals surface area contributed by atoms with Gasteiger partial charge < -0.3 is 10.5 Å². The molecule has 4 nitrogen and oxygen atoms in total. The molecule has 2 unspecified atom stereocenters. The zero-order valence-electron chi connectivity index (χ0n) is 11.7. The summed E-state index contributed by atoms with van der Waals surface area (Å²) in [5.74, 6) is 0.790. The second-order valence-electron chi connectivity index (χ2n) is 5.39. The predicted octanol–water partition coefficient (Wildman–Crippen LogP) is 2.83. The number of hydrogen-bond acceptors (Lipinski definition) is 4. The third kappa shape index (κ3) is 2.78. The van der Waals surface area contributed by atoms with Gasteiger partial charge in [-0.15, -0.1) is 0 Å². The van der Waals surface area contributed by atoms with Crippen LogP contribution in [0.5, 0.6) is 0 Å². The summed E-state index contributed by atoms with van der Waals surface area (Å²) in [5, 5.41) is 0. The number of Topliss-reactive ketones (excluding diaryl/α,β-unsaturated/α-hetero) is 1. The molecule has 1 saturated carbocycles. The molecule has 2 rings (SSSR count). The molecule has 1 aromatic heterocycles. The summed E-state index contributed by atoms with van der Waals surface area (Å²) in [7, 11) is 0. The lowest BCUT2D eigenvalue weighted by Gasteiger charge is -2.38. The Kier molecular flexibility index (Phi) is 4.20. The van der Waals surface area contributed by atoms with Gasteiger partial charge in [-0.1, -0.05) is 13.3 Å². The Morgan fingerprint density at radius 2 is 2.42 bits per heavy atom. The highest BCUT2D eigenvalue weighted by atomic mass is 16.5. The van der Waals surface area contributed by atoms with Gasteiger partial charge in [0.2, 0.25) is 0 Å². The number of nitrogens with two attached hydrogens (primary N) is 1. The Balaban J connectivity index is 2.33. The molecule has 0 aromatic carbocycles. The second-order valence-corrected chi connectivity index (χ2v) is 5.39. The Morgan fingerprint density at radius 3 is 3.05 bits per heavy atom. The molecule has 1 aromatic rings. The fourth-order valence-electron chi connectivity index (χ4n) is 3.04. The van der Waals surface area contributed by atoms with Gasteiger partial charge in [-0.05, 0) is 44.2 Å². The number of ether oxygens (including phenoxy) is 1. The van der Waals surface area contributed by atoms with Crippen LogP contribution < -0.4 is 5.73 Å². The first kappa shape index (κ1) is 14.0. The molecule has 2 atom stereocenters. The quantitative estimate of drug-likeness (QED) is 0.847. The van der Waals surface area contributed by atoms with Crippen molar-refractivity contribution in [3.05, 3.63) is 23.9 Å². The minimum atomic E-state index is -0.705. The highest BCUT2D eigenvalue weighted by Gasteiger charge is 2.43. The van der Waals surface area contributed by atoms with Gasteiger partial charge in [0.25, 0.3) is 0 Å². The summed E-state index contributed by atoms with van der Waals surface area (Å²) in [6, 6.07) is 3.49. The Morgan fingerprint density at radius 1 is 1.63 bits per heavy atom. The number of hydrogen-bond donors (Lipinski definition) is 1. The normalized spacial score (nSPS) is 27.2. The van der Waals surface area contributed by atoms with E-state index in [4.69, 9.17) is 10.5 Å². The van der Waals surface area contributed by atoms with Gasteiger partial charge >= 0.3 is 0 Å². The van der Waals surface area contributed by atoms with Crippen LogP contribution in [0.4, 0.5) is 5.82 Å². The van der Waals surface area contributed by atoms with Gasteiger partial charge in [0.1, 0.15) is 11.4 Å². The highest BCUT2D eigenvalue weighted by molar-refractivity contribution is 6.05. The van der Waals surface area contributed by atoms with E-state index >= 15 is 0 Å². The maximum atomic E-state index is 12.8. The predicted molar refractivity (Wildman–Crippen MR) is 75.0 cm³/mol. The maximum Gasteiger partial charge on any atom is 0.198 e. The molecule has 1 heterocycles. The van der Waals surface area contributed by atoms with E-state index in [1.807, 2.05) is 6.92 Å². The minimum absolute atomic E-state index is 0.00787. The van der Waals surface area contributed by atoms with E-state index in [0.717, 1.165) is 25.7 Å². The fraction of sp³-hybridized carbons (Fsp3) is 0.600. The Bertz CT molecular complexity index is 457. The molecule has 4 heteroatoms. The fourth-order valence-corrected chi connectivity index (χ4v) is 3.04. The van der Waals surface area contributed by atoms with Crippen molar-refractivity contribution >= 4 is 11.6 Å². The van der Waals surface area contributed by atoms with Crippen molar-refractivity contribution in [3.8, 4) is 0 Å². The maximum absolute atomic E-state index is 12.8. The highest BCUT2D eigenvalue weighted by Crippen LogP contribution is 2.38. The summed E-state index contributed by atoms with van der Waals surface area (Å²) < 4.78 is 5.88. The summed E-state index contributed by atoms with van der Waals surface area (Å²) in [4.78, 5) is 16.8. The van der Waals surface area contributed by atoms with Crippen molar-refractivity contribution in [3.63, 3.8) is 0 Å². The number of aromatic nitrogens is 1. The first-order valence-corrected chi connectivity index (χ1v) is 6.98. The van der Waals surface area contributed by atoms with Crippen LogP contribution in [0.15, 0.2) is 18.3 Å². The lowest BCUT2D eigenvalue weighted by atomic mass is 9.75. The van der Waals surface area contributed by atoms with Crippen LogP contribution in [0.25, 0.3) is 0 Å². The molecule has 0 saturated heterocycles. The van der Waals surface area contributed by atoms with Gasteiger partial charge in [-0.25, -0.2) is 4.98 Å². The zero-order chi connectivity index (χ0) is 13.9. The second kappa shape index (κ2) is 5.70. The Labute approximate surface area is 114 Å². The van der Waals surface area contributed by atoms with Crippen LogP contribution >= 0.6 is 0 Å². The average Bonchev–Trinajstić information content (AvgIpc) is 2.39. The zero-order valence-corrected chi connectivity index (χ0v) is 11.7. The van der Waals surface area contributed by atoms with Crippen molar-refractivity contribution in [2.24, 2.45) is 5.92 Å². The van der Waals surface area contributed by atoms with Crippen LogP contribution in [-0.4, -0.2) is 23.0 Å². The van der Waals surface area contributed by atoms with Crippen LogP contribution in [0.1, 0.15) is 49.9 Å². The number of ketones is 1. The molecule has 19 heavy (non-hydrogen) atoms. The summed E-state index contributed by atoms with van der Waals surface area (Å²) in [6.45, 7) is 4.65. The van der Waals surface area contributed by atoms with Crippen molar-refractivity contribution in [1.82, 2.24) is 4.98 Å². The van der Waals surface area contributed by atoms with Crippen molar-refractivity contribution in [2.75, 3.05) is 12.3 Å². The third-order valence-corrected chi connectivity index (χ3v) is 3.87. The molecule has 0 amide bonds. The molecule has 1 aliphatic rings.